The number of rotatable bonds is 3. The van der Waals surface area contributed by atoms with Crippen LogP contribution in [0, 0.1) is 5.82 Å². The molecule has 0 aliphatic carbocycles. The molecule has 0 unspecified atom stereocenters. The van der Waals surface area contributed by atoms with Crippen molar-refractivity contribution in [2.24, 2.45) is 0 Å². The topological polar surface area (TPSA) is 37.8 Å². The zero-order valence-electron chi connectivity index (χ0n) is 10.5. The maximum absolute atomic E-state index is 13.6. The van der Waals surface area contributed by atoms with E-state index in [1.54, 1.807) is 12.3 Å². The van der Waals surface area contributed by atoms with E-state index in [1.807, 2.05) is 24.3 Å². The van der Waals surface area contributed by atoms with Gasteiger partial charge in [0.25, 0.3) is 0 Å². The number of halogens is 2. The summed E-state index contributed by atoms with van der Waals surface area (Å²) >= 11 is 5.84. The van der Waals surface area contributed by atoms with Gasteiger partial charge in [0.2, 0.25) is 0 Å². The second-order valence-electron chi connectivity index (χ2n) is 4.33. The first-order valence-electron chi connectivity index (χ1n) is 6.12. The molecule has 0 radical (unpaired) electrons. The van der Waals surface area contributed by atoms with Crippen LogP contribution in [-0.2, 0) is 6.54 Å². The van der Waals surface area contributed by atoms with Gasteiger partial charge in [0.15, 0.2) is 0 Å². The van der Waals surface area contributed by atoms with Crippen molar-refractivity contribution >= 4 is 28.3 Å². The molecule has 20 heavy (non-hydrogen) atoms. The molecule has 1 aromatic heterocycles. The van der Waals surface area contributed by atoms with E-state index in [9.17, 15) is 4.39 Å². The summed E-state index contributed by atoms with van der Waals surface area (Å²) in [4.78, 5) is 8.77. The fourth-order valence-corrected chi connectivity index (χ4v) is 2.07. The van der Waals surface area contributed by atoms with Gasteiger partial charge in [-0.15, -0.1) is 0 Å². The van der Waals surface area contributed by atoms with E-state index in [1.165, 1.54) is 12.1 Å². The molecule has 0 spiro atoms. The molecule has 0 amide bonds. The van der Waals surface area contributed by atoms with Crippen molar-refractivity contribution in [3.05, 3.63) is 65.2 Å². The molecule has 0 atom stereocenters. The first kappa shape index (κ1) is 12.8. The molecule has 0 aliphatic rings. The van der Waals surface area contributed by atoms with Crippen LogP contribution in [0.3, 0.4) is 0 Å². The van der Waals surface area contributed by atoms with Crippen LogP contribution in [0.1, 0.15) is 5.69 Å². The van der Waals surface area contributed by atoms with Crippen molar-refractivity contribution in [3.63, 3.8) is 0 Å². The standard InChI is InChI=1S/C15H11ClFN3/c16-10-5-6-12(17)15(7-10)19-9-11-8-18-13-3-1-2-4-14(13)20-11/h1-8,19H,9H2. The van der Waals surface area contributed by atoms with Gasteiger partial charge in [-0.2, -0.15) is 0 Å². The predicted octanol–water partition coefficient (Wildman–Crippen LogP) is 4.03. The smallest absolute Gasteiger partial charge is 0.146 e. The van der Waals surface area contributed by atoms with E-state index in [-0.39, 0.29) is 5.82 Å². The molecule has 0 fully saturated rings. The molecule has 0 bridgehead atoms. The van der Waals surface area contributed by atoms with Gasteiger partial charge in [-0.3, -0.25) is 4.98 Å². The number of aromatic nitrogens is 2. The molecule has 3 nitrogen and oxygen atoms in total. The van der Waals surface area contributed by atoms with E-state index in [4.69, 9.17) is 11.6 Å². The van der Waals surface area contributed by atoms with Crippen LogP contribution >= 0.6 is 11.6 Å². The number of nitrogens with one attached hydrogen (secondary N) is 1. The normalized spacial score (nSPS) is 10.7. The zero-order valence-corrected chi connectivity index (χ0v) is 11.2. The second kappa shape index (κ2) is 5.43. The highest BCUT2D eigenvalue weighted by Crippen LogP contribution is 2.20. The fraction of sp³-hybridized carbons (Fsp3) is 0.0667. The van der Waals surface area contributed by atoms with Crippen LogP contribution in [0.2, 0.25) is 5.02 Å². The Morgan fingerprint density at radius 3 is 2.75 bits per heavy atom. The Morgan fingerprint density at radius 1 is 1.10 bits per heavy atom. The van der Waals surface area contributed by atoms with Gasteiger partial charge in [0.05, 0.1) is 35.2 Å². The summed E-state index contributed by atoms with van der Waals surface area (Å²) < 4.78 is 13.6. The number of nitrogens with zero attached hydrogens (tertiary/aromatic N) is 2. The fourth-order valence-electron chi connectivity index (χ4n) is 1.90. The summed E-state index contributed by atoms with van der Waals surface area (Å²) in [6.07, 6.45) is 1.68. The van der Waals surface area contributed by atoms with E-state index in [2.05, 4.69) is 15.3 Å². The molecule has 2 aromatic carbocycles. The lowest BCUT2D eigenvalue weighted by Crippen LogP contribution is -2.04. The molecule has 1 heterocycles. The number of anilines is 1. The van der Waals surface area contributed by atoms with Gasteiger partial charge >= 0.3 is 0 Å². The van der Waals surface area contributed by atoms with Crippen LogP contribution in [-0.4, -0.2) is 9.97 Å². The zero-order chi connectivity index (χ0) is 13.9. The highest BCUT2D eigenvalue weighted by atomic mass is 35.5. The minimum absolute atomic E-state index is 0.344. The van der Waals surface area contributed by atoms with E-state index >= 15 is 0 Å². The molecule has 0 saturated heterocycles. The average molecular weight is 288 g/mol. The second-order valence-corrected chi connectivity index (χ2v) is 4.76. The number of hydrogen-bond acceptors (Lipinski definition) is 3. The third-order valence-electron chi connectivity index (χ3n) is 2.89. The maximum atomic E-state index is 13.6. The Balaban J connectivity index is 1.81. The van der Waals surface area contributed by atoms with Gasteiger partial charge in [-0.1, -0.05) is 23.7 Å². The Kier molecular flexibility index (Phi) is 3.48. The minimum atomic E-state index is -0.344. The molecule has 0 aliphatic heterocycles. The SMILES string of the molecule is Fc1ccc(Cl)cc1NCc1cnc2ccccc2n1. The van der Waals surface area contributed by atoms with Gasteiger partial charge in [0.1, 0.15) is 5.82 Å². The Morgan fingerprint density at radius 2 is 1.90 bits per heavy atom. The van der Waals surface area contributed by atoms with Gasteiger partial charge in [-0.25, -0.2) is 9.37 Å². The third-order valence-corrected chi connectivity index (χ3v) is 3.12. The van der Waals surface area contributed by atoms with Gasteiger partial charge < -0.3 is 5.32 Å². The van der Waals surface area contributed by atoms with Gasteiger partial charge in [-0.05, 0) is 30.3 Å². The van der Waals surface area contributed by atoms with Crippen LogP contribution in [0.4, 0.5) is 10.1 Å². The van der Waals surface area contributed by atoms with Crippen LogP contribution in [0.15, 0.2) is 48.7 Å². The van der Waals surface area contributed by atoms with Crippen molar-refractivity contribution in [3.8, 4) is 0 Å². The lowest BCUT2D eigenvalue weighted by atomic mass is 10.3. The van der Waals surface area contributed by atoms with Crippen molar-refractivity contribution in [1.82, 2.24) is 9.97 Å². The molecule has 1 N–H and O–H groups in total. The van der Waals surface area contributed by atoms with E-state index < -0.39 is 0 Å². The maximum Gasteiger partial charge on any atom is 0.146 e. The monoisotopic (exact) mass is 287 g/mol. The average Bonchev–Trinajstić information content (AvgIpc) is 2.48. The minimum Gasteiger partial charge on any atom is -0.377 e. The molecule has 3 aromatic rings. The molecule has 5 heteroatoms. The highest BCUT2D eigenvalue weighted by Gasteiger charge is 2.04. The van der Waals surface area contributed by atoms with Crippen LogP contribution in [0.5, 0.6) is 0 Å². The summed E-state index contributed by atoms with van der Waals surface area (Å²) in [6.45, 7) is 0.384. The number of fused-ring (bicyclic) bond motifs is 1. The Bertz CT molecular complexity index is 761. The molecule has 100 valence electrons. The lowest BCUT2D eigenvalue weighted by Gasteiger charge is -2.08. The number of benzene rings is 2. The van der Waals surface area contributed by atoms with Crippen molar-refractivity contribution in [1.29, 1.82) is 0 Å². The third kappa shape index (κ3) is 2.70. The Hall–Kier alpha value is -2.20. The Labute approximate surface area is 120 Å². The molecule has 3 rings (SSSR count). The lowest BCUT2D eigenvalue weighted by molar-refractivity contribution is 0.630. The summed E-state index contributed by atoms with van der Waals surface area (Å²) in [6, 6.07) is 12.0. The quantitative estimate of drug-likeness (QED) is 0.790. The van der Waals surface area contributed by atoms with Crippen LogP contribution < -0.4 is 5.32 Å². The summed E-state index contributed by atoms with van der Waals surface area (Å²) in [7, 11) is 0. The first-order valence-corrected chi connectivity index (χ1v) is 6.50. The highest BCUT2D eigenvalue weighted by molar-refractivity contribution is 6.30. The number of para-hydroxylation sites is 2. The van der Waals surface area contributed by atoms with Crippen LogP contribution in [0.25, 0.3) is 11.0 Å². The van der Waals surface area contributed by atoms with Crippen molar-refractivity contribution in [2.45, 2.75) is 6.54 Å². The summed E-state index contributed by atoms with van der Waals surface area (Å²) in [5.41, 5.74) is 2.75. The van der Waals surface area contributed by atoms with Gasteiger partial charge in [0, 0.05) is 5.02 Å². The first-order chi connectivity index (χ1) is 9.72. The van der Waals surface area contributed by atoms with Crippen molar-refractivity contribution < 1.29 is 4.39 Å². The molecule has 0 saturated carbocycles. The molecular formula is C15H11ClFN3. The summed E-state index contributed by atoms with van der Waals surface area (Å²) in [5, 5.41) is 3.46. The predicted molar refractivity (Wildman–Crippen MR) is 78.3 cm³/mol. The van der Waals surface area contributed by atoms with E-state index in [0.29, 0.717) is 17.3 Å². The van der Waals surface area contributed by atoms with Crippen molar-refractivity contribution in [2.75, 3.05) is 5.32 Å². The largest absolute Gasteiger partial charge is 0.377 e. The summed E-state index contributed by atoms with van der Waals surface area (Å²) in [5.74, 6) is -0.344. The molecular weight excluding hydrogens is 277 g/mol. The number of hydrogen-bond donors (Lipinski definition) is 1. The van der Waals surface area contributed by atoms with E-state index in [0.717, 1.165) is 16.7 Å².